The number of rotatable bonds is 5. The first-order valence-corrected chi connectivity index (χ1v) is 9.27. The van der Waals surface area contributed by atoms with E-state index in [4.69, 9.17) is 4.74 Å². The first-order valence-electron chi connectivity index (χ1n) is 9.27. The van der Waals surface area contributed by atoms with Crippen molar-refractivity contribution >= 4 is 17.8 Å². The summed E-state index contributed by atoms with van der Waals surface area (Å²) in [7, 11) is 0. The summed E-state index contributed by atoms with van der Waals surface area (Å²) in [4.78, 5) is 38.8. The average molecular weight is 379 g/mol. The molecule has 2 aromatic rings. The van der Waals surface area contributed by atoms with Crippen molar-refractivity contribution in [3.05, 3.63) is 65.7 Å². The molecule has 2 heterocycles. The average Bonchev–Trinajstić information content (AvgIpc) is 2.94. The molecule has 1 saturated heterocycles. The van der Waals surface area contributed by atoms with Crippen LogP contribution in [0, 0.1) is 0 Å². The highest BCUT2D eigenvalue weighted by Gasteiger charge is 2.55. The molecule has 144 valence electrons. The van der Waals surface area contributed by atoms with Crippen LogP contribution in [-0.4, -0.2) is 42.4 Å². The molecule has 2 N–H and O–H groups in total. The summed E-state index contributed by atoms with van der Waals surface area (Å²) in [6, 6.07) is 16.4. The molecule has 1 fully saturated rings. The first kappa shape index (κ1) is 18.0. The Labute approximate surface area is 162 Å². The van der Waals surface area contributed by atoms with Gasteiger partial charge in [0.1, 0.15) is 12.3 Å². The Balaban J connectivity index is 1.42. The van der Waals surface area contributed by atoms with Crippen LogP contribution in [0.3, 0.4) is 0 Å². The number of urea groups is 1. The molecule has 0 aliphatic carbocycles. The van der Waals surface area contributed by atoms with E-state index in [0.29, 0.717) is 37.3 Å². The van der Waals surface area contributed by atoms with E-state index in [-0.39, 0.29) is 12.5 Å². The highest BCUT2D eigenvalue weighted by Crippen LogP contribution is 2.40. The van der Waals surface area contributed by atoms with Gasteiger partial charge in [-0.15, -0.1) is 0 Å². The third kappa shape index (κ3) is 3.19. The molecule has 2 aliphatic heterocycles. The largest absolute Gasteiger partial charge is 0.493 e. The van der Waals surface area contributed by atoms with Crippen molar-refractivity contribution in [3.8, 4) is 5.75 Å². The van der Waals surface area contributed by atoms with Gasteiger partial charge in [0.2, 0.25) is 5.91 Å². The lowest BCUT2D eigenvalue weighted by Crippen LogP contribution is -2.48. The number of hydrogen-bond acceptors (Lipinski definition) is 4. The monoisotopic (exact) mass is 379 g/mol. The number of nitrogens with zero attached hydrogens (tertiary/aromatic N) is 1. The Hall–Kier alpha value is -3.35. The maximum absolute atomic E-state index is 13.1. The van der Waals surface area contributed by atoms with Gasteiger partial charge in [-0.1, -0.05) is 48.5 Å². The van der Waals surface area contributed by atoms with Crippen LogP contribution >= 0.6 is 0 Å². The third-order valence-corrected chi connectivity index (χ3v) is 5.14. The summed E-state index contributed by atoms with van der Waals surface area (Å²) in [6.07, 6.45) is 1.02. The normalized spacial score (nSPS) is 20.5. The van der Waals surface area contributed by atoms with Gasteiger partial charge in [0.25, 0.3) is 5.91 Å². The van der Waals surface area contributed by atoms with E-state index < -0.39 is 17.5 Å². The predicted molar refractivity (Wildman–Crippen MR) is 102 cm³/mol. The Morgan fingerprint density at radius 2 is 1.86 bits per heavy atom. The number of fused-ring (bicyclic) bond motifs is 2. The minimum absolute atomic E-state index is 0.301. The summed E-state index contributed by atoms with van der Waals surface area (Å²) in [6.45, 7) is 0.457. The van der Waals surface area contributed by atoms with Crippen LogP contribution in [0.15, 0.2) is 54.6 Å². The number of nitrogens with one attached hydrogen (secondary N) is 2. The summed E-state index contributed by atoms with van der Waals surface area (Å²) >= 11 is 0. The van der Waals surface area contributed by atoms with Gasteiger partial charge in [0.05, 0.1) is 6.61 Å². The lowest BCUT2D eigenvalue weighted by Gasteiger charge is -2.33. The van der Waals surface area contributed by atoms with E-state index >= 15 is 0 Å². The van der Waals surface area contributed by atoms with E-state index in [1.807, 2.05) is 36.4 Å². The van der Waals surface area contributed by atoms with E-state index in [1.54, 1.807) is 18.2 Å². The van der Waals surface area contributed by atoms with Gasteiger partial charge in [0.15, 0.2) is 5.54 Å². The minimum Gasteiger partial charge on any atom is -0.493 e. The van der Waals surface area contributed by atoms with Crippen molar-refractivity contribution in [1.82, 2.24) is 15.5 Å². The Bertz CT molecular complexity index is 915. The zero-order chi connectivity index (χ0) is 19.6. The molecular formula is C21H21N3O4. The maximum atomic E-state index is 13.1. The zero-order valence-electron chi connectivity index (χ0n) is 15.3. The van der Waals surface area contributed by atoms with Crippen LogP contribution in [-0.2, 0) is 21.5 Å². The maximum Gasteiger partial charge on any atom is 0.325 e. The van der Waals surface area contributed by atoms with Crippen molar-refractivity contribution in [2.24, 2.45) is 0 Å². The molecule has 4 rings (SSSR count). The molecule has 1 unspecified atom stereocenters. The molecule has 4 amide bonds. The molecule has 1 spiro atoms. The molecular weight excluding hydrogens is 358 g/mol. The molecule has 2 aliphatic rings. The molecule has 1 atom stereocenters. The lowest BCUT2D eigenvalue weighted by molar-refractivity contribution is -0.136. The van der Waals surface area contributed by atoms with Gasteiger partial charge >= 0.3 is 6.03 Å². The lowest BCUT2D eigenvalue weighted by atomic mass is 9.84. The molecule has 0 bridgehead atoms. The van der Waals surface area contributed by atoms with Crippen LogP contribution in [0.25, 0.3) is 0 Å². The van der Waals surface area contributed by atoms with Crippen LogP contribution in [0.2, 0.25) is 0 Å². The fraction of sp³-hybridized carbons (Fsp3) is 0.286. The Morgan fingerprint density at radius 1 is 1.11 bits per heavy atom. The smallest absolute Gasteiger partial charge is 0.325 e. The predicted octanol–water partition coefficient (Wildman–Crippen LogP) is 1.58. The number of imide groups is 1. The number of benzene rings is 2. The Morgan fingerprint density at radius 3 is 2.68 bits per heavy atom. The number of para-hydroxylation sites is 1. The van der Waals surface area contributed by atoms with E-state index in [0.717, 1.165) is 10.5 Å². The van der Waals surface area contributed by atoms with E-state index in [2.05, 4.69) is 10.6 Å². The number of amides is 4. The van der Waals surface area contributed by atoms with Gasteiger partial charge in [-0.05, 0) is 18.1 Å². The fourth-order valence-electron chi connectivity index (χ4n) is 3.71. The van der Waals surface area contributed by atoms with Crippen LogP contribution in [0.4, 0.5) is 4.79 Å². The molecule has 7 nitrogen and oxygen atoms in total. The quantitative estimate of drug-likeness (QED) is 0.772. The van der Waals surface area contributed by atoms with Crippen molar-refractivity contribution in [2.45, 2.75) is 18.4 Å². The molecule has 0 radical (unpaired) electrons. The summed E-state index contributed by atoms with van der Waals surface area (Å²) in [5.74, 6) is -0.195. The first-order chi connectivity index (χ1) is 13.6. The number of ether oxygens (including phenoxy) is 1. The van der Waals surface area contributed by atoms with Crippen molar-refractivity contribution in [2.75, 3.05) is 19.7 Å². The molecule has 0 aromatic heterocycles. The number of carbonyl (C=O) groups is 3. The van der Waals surface area contributed by atoms with Crippen molar-refractivity contribution in [3.63, 3.8) is 0 Å². The fourth-order valence-corrected chi connectivity index (χ4v) is 3.71. The number of carbonyl (C=O) groups excluding carboxylic acids is 3. The molecule has 7 heteroatoms. The van der Waals surface area contributed by atoms with Crippen molar-refractivity contribution in [1.29, 1.82) is 0 Å². The highest BCUT2D eigenvalue weighted by atomic mass is 16.5. The third-order valence-electron chi connectivity index (χ3n) is 5.14. The van der Waals surface area contributed by atoms with Crippen molar-refractivity contribution < 1.29 is 19.1 Å². The van der Waals surface area contributed by atoms with Gasteiger partial charge in [-0.3, -0.25) is 14.5 Å². The second-order valence-electron chi connectivity index (χ2n) is 6.91. The van der Waals surface area contributed by atoms with Crippen LogP contribution in [0.5, 0.6) is 5.75 Å². The second-order valence-corrected chi connectivity index (χ2v) is 6.91. The SMILES string of the molecule is O=C(CN1C(=O)NC2(CCOc3ccccc32)C1=O)NCCc1ccccc1. The summed E-state index contributed by atoms with van der Waals surface area (Å²) in [5, 5.41) is 5.56. The topological polar surface area (TPSA) is 87.7 Å². The summed E-state index contributed by atoms with van der Waals surface area (Å²) < 4.78 is 5.60. The van der Waals surface area contributed by atoms with Crippen LogP contribution < -0.4 is 15.4 Å². The minimum atomic E-state index is -1.16. The van der Waals surface area contributed by atoms with Gasteiger partial charge < -0.3 is 15.4 Å². The van der Waals surface area contributed by atoms with Gasteiger partial charge in [0, 0.05) is 18.5 Å². The van der Waals surface area contributed by atoms with Gasteiger partial charge in [-0.2, -0.15) is 0 Å². The van der Waals surface area contributed by atoms with Gasteiger partial charge in [-0.25, -0.2) is 4.79 Å². The van der Waals surface area contributed by atoms with Crippen LogP contribution in [0.1, 0.15) is 17.5 Å². The summed E-state index contributed by atoms with van der Waals surface area (Å²) in [5.41, 5.74) is 0.582. The number of hydrogen-bond donors (Lipinski definition) is 2. The highest BCUT2D eigenvalue weighted by molar-refractivity contribution is 6.09. The molecule has 0 saturated carbocycles. The Kier molecular flexibility index (Phi) is 4.73. The zero-order valence-corrected chi connectivity index (χ0v) is 15.3. The molecule has 28 heavy (non-hydrogen) atoms. The van der Waals surface area contributed by atoms with E-state index in [1.165, 1.54) is 0 Å². The standard InChI is InChI=1S/C21H21N3O4/c25-18(22-12-10-15-6-2-1-3-7-15)14-24-19(26)21(23-20(24)27)11-13-28-17-9-5-4-8-16(17)21/h1-9H,10-14H2,(H,22,25)(H,23,27). The molecule has 2 aromatic carbocycles. The second kappa shape index (κ2) is 7.34. The van der Waals surface area contributed by atoms with E-state index in [9.17, 15) is 14.4 Å².